The summed E-state index contributed by atoms with van der Waals surface area (Å²) in [6, 6.07) is 17.1. The van der Waals surface area contributed by atoms with E-state index in [0.717, 1.165) is 6.42 Å². The van der Waals surface area contributed by atoms with E-state index in [4.69, 9.17) is 0 Å². The Morgan fingerprint density at radius 3 is 2.43 bits per heavy atom. The molecular formula is C19H26SiTi. The summed E-state index contributed by atoms with van der Waals surface area (Å²) in [6.07, 6.45) is 9.55. The second-order valence-corrected chi connectivity index (χ2v) is 11.1. The van der Waals surface area contributed by atoms with E-state index >= 15 is 0 Å². The second kappa shape index (κ2) is 10.9. The van der Waals surface area contributed by atoms with Crippen LogP contribution in [0.1, 0.15) is 13.3 Å². The summed E-state index contributed by atoms with van der Waals surface area (Å²) in [5, 5.41) is 2.66. The largest absolute Gasteiger partial charge is 2.00 e. The first kappa shape index (κ1) is 20.2. The number of hydrogen-bond acceptors (Lipinski definition) is 0. The Morgan fingerprint density at radius 2 is 1.81 bits per heavy atom. The molecule has 2 aromatic carbocycles. The molecule has 2 rings (SSSR count). The molecule has 0 fully saturated rings. The van der Waals surface area contributed by atoms with Crippen molar-refractivity contribution in [2.24, 2.45) is 0 Å². The van der Waals surface area contributed by atoms with Gasteiger partial charge in [-0.05, 0) is 6.92 Å². The summed E-state index contributed by atoms with van der Waals surface area (Å²) in [7, 11) is -0.918. The van der Waals surface area contributed by atoms with E-state index in [-0.39, 0.29) is 21.7 Å². The third-order valence-corrected chi connectivity index (χ3v) is 4.31. The normalized spacial score (nSPS) is 11.4. The monoisotopic (exact) mass is 330 g/mol. The Bertz CT molecular complexity index is 514. The molecule has 0 radical (unpaired) electrons. The number of fused-ring (bicyclic) bond motifs is 1. The smallest absolute Gasteiger partial charge is 0.324 e. The van der Waals surface area contributed by atoms with Crippen LogP contribution in [0.5, 0.6) is 0 Å². The Balaban J connectivity index is 0.000000367. The zero-order valence-corrected chi connectivity index (χ0v) is 16.2. The van der Waals surface area contributed by atoms with E-state index in [1.807, 2.05) is 13.0 Å². The second-order valence-electron chi connectivity index (χ2n) is 5.91. The molecule has 0 saturated carbocycles. The van der Waals surface area contributed by atoms with Crippen molar-refractivity contribution in [1.82, 2.24) is 0 Å². The molecule has 0 aliphatic carbocycles. The van der Waals surface area contributed by atoms with Crippen LogP contribution in [0.2, 0.25) is 19.6 Å². The van der Waals surface area contributed by atoms with E-state index < -0.39 is 8.07 Å². The Morgan fingerprint density at radius 1 is 1.10 bits per heavy atom. The van der Waals surface area contributed by atoms with Crippen molar-refractivity contribution in [2.75, 3.05) is 0 Å². The molecular weight excluding hydrogens is 304 g/mol. The van der Waals surface area contributed by atoms with Gasteiger partial charge in [-0.25, -0.2) is 0 Å². The maximum Gasteiger partial charge on any atom is 2.00 e. The third kappa shape index (κ3) is 9.73. The third-order valence-electron chi connectivity index (χ3n) is 2.85. The molecule has 0 N–H and O–H groups in total. The molecule has 21 heavy (non-hydrogen) atoms. The minimum Gasteiger partial charge on any atom is -0.324 e. The molecule has 0 saturated heterocycles. The number of rotatable bonds is 4. The molecule has 0 spiro atoms. The Hall–Kier alpha value is -0.759. The minimum absolute atomic E-state index is 0. The summed E-state index contributed by atoms with van der Waals surface area (Å²) < 4.78 is 0. The van der Waals surface area contributed by atoms with E-state index in [9.17, 15) is 0 Å². The standard InChI is InChI=1S/C10H19Si.C9H7.Ti/c1-5-6-7-8-9-10-11(2,3)4;1-2-5-9-7-3-6-8(9)4-1;/h5-8,10H,9H2,1-4H3;1-7H;/q2*-1;+2. The Kier molecular flexibility index (Phi) is 10.5. The minimum atomic E-state index is -0.918. The summed E-state index contributed by atoms with van der Waals surface area (Å²) >= 11 is 0. The van der Waals surface area contributed by atoms with Gasteiger partial charge < -0.3 is 6.04 Å². The van der Waals surface area contributed by atoms with Gasteiger partial charge in [0.25, 0.3) is 0 Å². The van der Waals surface area contributed by atoms with Crippen LogP contribution in [0, 0.1) is 6.04 Å². The maximum absolute atomic E-state index is 2.45. The molecule has 110 valence electrons. The van der Waals surface area contributed by atoms with Gasteiger partial charge in [-0.2, -0.15) is 23.9 Å². The van der Waals surface area contributed by atoms with Crippen LogP contribution in [0.15, 0.2) is 66.8 Å². The fourth-order valence-corrected chi connectivity index (χ4v) is 2.60. The average molecular weight is 330 g/mol. The first-order valence-electron chi connectivity index (χ1n) is 7.25. The molecule has 0 unspecified atom stereocenters. The quantitative estimate of drug-likeness (QED) is 0.358. The molecule has 0 aliphatic rings. The van der Waals surface area contributed by atoms with Gasteiger partial charge in [-0.15, -0.1) is 43.8 Å². The average Bonchev–Trinajstić information content (AvgIpc) is 2.86. The van der Waals surface area contributed by atoms with Crippen molar-refractivity contribution in [3.05, 3.63) is 72.8 Å². The molecule has 2 heteroatoms. The van der Waals surface area contributed by atoms with Crippen molar-refractivity contribution in [2.45, 2.75) is 33.0 Å². The zero-order chi connectivity index (χ0) is 14.8. The zero-order valence-electron chi connectivity index (χ0n) is 13.6. The summed E-state index contributed by atoms with van der Waals surface area (Å²) in [5.74, 6) is 0. The molecule has 0 aromatic heterocycles. The summed E-state index contributed by atoms with van der Waals surface area (Å²) in [4.78, 5) is 0. The van der Waals surface area contributed by atoms with Crippen LogP contribution in [-0.2, 0) is 21.7 Å². The molecule has 0 nitrogen and oxygen atoms in total. The van der Waals surface area contributed by atoms with Crippen LogP contribution in [-0.4, -0.2) is 8.07 Å². The van der Waals surface area contributed by atoms with Crippen LogP contribution < -0.4 is 0 Å². The van der Waals surface area contributed by atoms with Gasteiger partial charge >= 0.3 is 21.7 Å². The van der Waals surface area contributed by atoms with E-state index in [1.54, 1.807) is 0 Å². The molecule has 0 bridgehead atoms. The van der Waals surface area contributed by atoms with Crippen molar-refractivity contribution in [3.63, 3.8) is 0 Å². The van der Waals surface area contributed by atoms with Gasteiger partial charge in [0.05, 0.1) is 0 Å². The van der Waals surface area contributed by atoms with Gasteiger partial charge in [0.1, 0.15) is 0 Å². The van der Waals surface area contributed by atoms with Crippen LogP contribution in [0.3, 0.4) is 0 Å². The molecule has 0 amide bonds. The predicted octanol–water partition coefficient (Wildman–Crippen LogP) is 6.15. The fourth-order valence-electron chi connectivity index (χ4n) is 1.76. The molecule has 2 aromatic rings. The van der Waals surface area contributed by atoms with Gasteiger partial charge in [0, 0.05) is 0 Å². The van der Waals surface area contributed by atoms with Crippen molar-refractivity contribution < 1.29 is 21.7 Å². The topological polar surface area (TPSA) is 0 Å². The summed E-state index contributed by atoms with van der Waals surface area (Å²) in [5.41, 5.74) is 0. The molecule has 0 aliphatic heterocycles. The van der Waals surface area contributed by atoms with Gasteiger partial charge in [-0.3, -0.25) is 0 Å². The number of allylic oxidation sites excluding steroid dienone is 4. The van der Waals surface area contributed by atoms with Gasteiger partial charge in [0.15, 0.2) is 0 Å². The predicted molar refractivity (Wildman–Crippen MR) is 95.8 cm³/mol. The Labute approximate surface area is 146 Å². The van der Waals surface area contributed by atoms with E-state index in [1.165, 1.54) is 10.8 Å². The van der Waals surface area contributed by atoms with Crippen LogP contribution in [0.25, 0.3) is 10.8 Å². The fraction of sp³-hybridized carbons (Fsp3) is 0.263. The summed E-state index contributed by atoms with van der Waals surface area (Å²) in [6.45, 7) is 9.11. The molecule has 0 atom stereocenters. The first-order valence-corrected chi connectivity index (χ1v) is 10.8. The van der Waals surface area contributed by atoms with Crippen molar-refractivity contribution in [3.8, 4) is 0 Å². The van der Waals surface area contributed by atoms with Crippen LogP contribution >= 0.6 is 0 Å². The van der Waals surface area contributed by atoms with Crippen molar-refractivity contribution in [1.29, 1.82) is 0 Å². The van der Waals surface area contributed by atoms with Crippen molar-refractivity contribution >= 4 is 18.8 Å². The van der Waals surface area contributed by atoms with Gasteiger partial charge in [0.2, 0.25) is 0 Å². The SMILES string of the molecule is CC=CC=CC[CH-][Si](C)(C)C.[Ti+2].c1ccc2[cH-]ccc2c1. The number of benzene rings is 1. The maximum atomic E-state index is 2.45. The van der Waals surface area contributed by atoms with E-state index in [2.05, 4.69) is 86.4 Å². The van der Waals surface area contributed by atoms with Crippen LogP contribution in [0.4, 0.5) is 0 Å². The molecule has 0 heterocycles. The van der Waals surface area contributed by atoms with Gasteiger partial charge in [-0.1, -0.05) is 43.9 Å². The van der Waals surface area contributed by atoms with E-state index in [0.29, 0.717) is 0 Å². The first-order chi connectivity index (χ1) is 9.53. The number of hydrogen-bond donors (Lipinski definition) is 0.